The molecule has 1 aromatic heterocycles. The molecule has 0 radical (unpaired) electrons. The molecule has 0 aliphatic rings. The zero-order valence-electron chi connectivity index (χ0n) is 10.3. The van der Waals surface area contributed by atoms with Crippen LogP contribution in [0.1, 0.15) is 16.0 Å². The summed E-state index contributed by atoms with van der Waals surface area (Å²) >= 11 is 1.28. The Morgan fingerprint density at radius 3 is 2.56 bits per heavy atom. The van der Waals surface area contributed by atoms with Gasteiger partial charge in [0.25, 0.3) is 0 Å². The topological polar surface area (TPSA) is 46.2 Å². The fraction of sp³-hybridized carbons (Fsp3) is 0.231. The molecule has 18 heavy (non-hydrogen) atoms. The van der Waals surface area contributed by atoms with Crippen LogP contribution in [0.4, 0.5) is 0 Å². The fourth-order valence-electron chi connectivity index (χ4n) is 1.63. The maximum absolute atomic E-state index is 12.0. The van der Waals surface area contributed by atoms with Gasteiger partial charge in [0.05, 0.1) is 0 Å². The summed E-state index contributed by atoms with van der Waals surface area (Å²) in [7, 11) is -3.38. The van der Waals surface area contributed by atoms with E-state index < -0.39 is 10.0 Å². The van der Waals surface area contributed by atoms with Crippen molar-refractivity contribution in [2.45, 2.75) is 24.6 Å². The first-order chi connectivity index (χ1) is 8.47. The number of hydrogen-bond acceptors (Lipinski definition) is 3. The quantitative estimate of drug-likeness (QED) is 0.936. The van der Waals surface area contributed by atoms with Crippen LogP contribution in [-0.4, -0.2) is 8.42 Å². The van der Waals surface area contributed by atoms with E-state index in [0.29, 0.717) is 10.8 Å². The summed E-state index contributed by atoms with van der Waals surface area (Å²) in [6, 6.07) is 11.2. The van der Waals surface area contributed by atoms with Crippen LogP contribution in [0.3, 0.4) is 0 Å². The zero-order valence-corrected chi connectivity index (χ0v) is 11.9. The average Bonchev–Trinajstić information content (AvgIpc) is 2.74. The minimum Gasteiger partial charge on any atom is -0.206 e. The van der Waals surface area contributed by atoms with Crippen molar-refractivity contribution in [1.29, 1.82) is 0 Å². The van der Waals surface area contributed by atoms with Crippen LogP contribution < -0.4 is 4.72 Å². The first kappa shape index (κ1) is 13.3. The number of sulfonamides is 1. The number of benzene rings is 1. The summed E-state index contributed by atoms with van der Waals surface area (Å²) in [5.41, 5.74) is 2.09. The molecule has 0 unspecified atom stereocenters. The summed E-state index contributed by atoms with van der Waals surface area (Å²) in [5, 5.41) is 0. The maximum Gasteiger partial charge on any atom is 0.250 e. The second kappa shape index (κ2) is 5.22. The lowest BCUT2D eigenvalue weighted by Gasteiger charge is -2.05. The van der Waals surface area contributed by atoms with Gasteiger partial charge in [0.15, 0.2) is 0 Å². The van der Waals surface area contributed by atoms with Gasteiger partial charge in [-0.25, -0.2) is 13.1 Å². The summed E-state index contributed by atoms with van der Waals surface area (Å²) in [6.45, 7) is 4.20. The van der Waals surface area contributed by atoms with Crippen molar-refractivity contribution < 1.29 is 8.42 Å². The zero-order chi connectivity index (χ0) is 13.2. The van der Waals surface area contributed by atoms with E-state index in [1.807, 2.05) is 44.2 Å². The van der Waals surface area contributed by atoms with Gasteiger partial charge in [-0.1, -0.05) is 29.8 Å². The first-order valence-corrected chi connectivity index (χ1v) is 7.89. The van der Waals surface area contributed by atoms with Gasteiger partial charge in [-0.3, -0.25) is 0 Å². The summed E-state index contributed by atoms with van der Waals surface area (Å²) in [4.78, 5) is 0.992. The SMILES string of the molecule is Cc1cccc(CNS(=O)(=O)c2ccc(C)s2)c1. The van der Waals surface area contributed by atoms with Gasteiger partial charge in [-0.2, -0.15) is 0 Å². The van der Waals surface area contributed by atoms with Crippen LogP contribution >= 0.6 is 11.3 Å². The van der Waals surface area contributed by atoms with Gasteiger partial charge in [0.1, 0.15) is 4.21 Å². The molecular formula is C13H15NO2S2. The molecule has 0 spiro atoms. The van der Waals surface area contributed by atoms with E-state index in [9.17, 15) is 8.42 Å². The fourth-order valence-corrected chi connectivity index (χ4v) is 3.97. The van der Waals surface area contributed by atoms with E-state index in [1.165, 1.54) is 11.3 Å². The predicted molar refractivity (Wildman–Crippen MR) is 74.3 cm³/mol. The first-order valence-electron chi connectivity index (χ1n) is 5.59. The number of rotatable bonds is 4. The molecule has 2 rings (SSSR count). The van der Waals surface area contributed by atoms with Gasteiger partial charge >= 0.3 is 0 Å². The van der Waals surface area contributed by atoms with Crippen LogP contribution in [0.5, 0.6) is 0 Å². The van der Waals surface area contributed by atoms with Gasteiger partial charge in [0.2, 0.25) is 10.0 Å². The van der Waals surface area contributed by atoms with Gasteiger partial charge in [-0.05, 0) is 31.5 Å². The maximum atomic E-state index is 12.0. The smallest absolute Gasteiger partial charge is 0.206 e. The number of nitrogens with one attached hydrogen (secondary N) is 1. The molecule has 0 aliphatic carbocycles. The van der Waals surface area contributed by atoms with Crippen LogP contribution in [0.2, 0.25) is 0 Å². The third-order valence-electron chi connectivity index (χ3n) is 2.53. The Morgan fingerprint density at radius 1 is 1.17 bits per heavy atom. The molecule has 2 aromatic rings. The van der Waals surface area contributed by atoms with Crippen LogP contribution in [0, 0.1) is 13.8 Å². The second-order valence-corrected chi connectivity index (χ2v) is 7.46. The second-order valence-electron chi connectivity index (χ2n) is 4.18. The Morgan fingerprint density at radius 2 is 1.94 bits per heavy atom. The van der Waals surface area contributed by atoms with E-state index in [-0.39, 0.29) is 0 Å². The molecule has 0 saturated heterocycles. The summed E-state index contributed by atoms with van der Waals surface area (Å²) < 4.78 is 27.0. The molecule has 0 saturated carbocycles. The van der Waals surface area contributed by atoms with Gasteiger partial charge in [-0.15, -0.1) is 11.3 Å². The van der Waals surface area contributed by atoms with E-state index in [1.54, 1.807) is 6.07 Å². The highest BCUT2D eigenvalue weighted by Crippen LogP contribution is 2.20. The predicted octanol–water partition coefficient (Wildman–Crippen LogP) is 2.84. The molecular weight excluding hydrogens is 266 g/mol. The molecule has 1 aromatic carbocycles. The molecule has 0 bridgehead atoms. The molecule has 0 amide bonds. The molecule has 0 aliphatic heterocycles. The lowest BCUT2D eigenvalue weighted by molar-refractivity contribution is 0.583. The molecule has 0 atom stereocenters. The third-order valence-corrected chi connectivity index (χ3v) is 5.42. The number of thiophene rings is 1. The van der Waals surface area contributed by atoms with Crippen LogP contribution in [0.15, 0.2) is 40.6 Å². The number of hydrogen-bond donors (Lipinski definition) is 1. The van der Waals surface area contributed by atoms with Crippen molar-refractivity contribution >= 4 is 21.4 Å². The molecule has 3 nitrogen and oxygen atoms in total. The monoisotopic (exact) mass is 281 g/mol. The molecule has 96 valence electrons. The van der Waals surface area contributed by atoms with Crippen molar-refractivity contribution in [3.63, 3.8) is 0 Å². The minimum absolute atomic E-state index is 0.320. The Balaban J connectivity index is 2.10. The normalized spacial score (nSPS) is 11.7. The molecule has 5 heteroatoms. The number of aryl methyl sites for hydroxylation is 2. The van der Waals surface area contributed by atoms with Crippen LogP contribution in [-0.2, 0) is 16.6 Å². The van der Waals surface area contributed by atoms with Crippen LogP contribution in [0.25, 0.3) is 0 Å². The van der Waals surface area contributed by atoms with E-state index in [2.05, 4.69) is 4.72 Å². The summed E-state index contributed by atoms with van der Waals surface area (Å²) in [5.74, 6) is 0. The van der Waals surface area contributed by atoms with Crippen molar-refractivity contribution in [3.8, 4) is 0 Å². The molecule has 0 fully saturated rings. The minimum atomic E-state index is -3.38. The standard InChI is InChI=1S/C13H15NO2S2/c1-10-4-3-5-12(8-10)9-14-18(15,16)13-7-6-11(2)17-13/h3-8,14H,9H2,1-2H3. The van der Waals surface area contributed by atoms with Crippen molar-refractivity contribution in [2.24, 2.45) is 0 Å². The average molecular weight is 281 g/mol. The van der Waals surface area contributed by atoms with E-state index >= 15 is 0 Å². The van der Waals surface area contributed by atoms with Crippen molar-refractivity contribution in [2.75, 3.05) is 0 Å². The van der Waals surface area contributed by atoms with Gasteiger partial charge < -0.3 is 0 Å². The molecule has 1 heterocycles. The lowest BCUT2D eigenvalue weighted by Crippen LogP contribution is -2.22. The highest BCUT2D eigenvalue weighted by Gasteiger charge is 2.15. The Kier molecular flexibility index (Phi) is 3.85. The highest BCUT2D eigenvalue weighted by atomic mass is 32.2. The van der Waals surface area contributed by atoms with Crippen molar-refractivity contribution in [1.82, 2.24) is 4.72 Å². The Bertz CT molecular complexity index is 645. The van der Waals surface area contributed by atoms with Crippen molar-refractivity contribution in [3.05, 3.63) is 52.4 Å². The largest absolute Gasteiger partial charge is 0.250 e. The van der Waals surface area contributed by atoms with E-state index in [4.69, 9.17) is 0 Å². The molecule has 1 N–H and O–H groups in total. The Labute approximate surface area is 112 Å². The summed E-state index contributed by atoms with van der Waals surface area (Å²) in [6.07, 6.45) is 0. The lowest BCUT2D eigenvalue weighted by atomic mass is 10.1. The third kappa shape index (κ3) is 3.19. The van der Waals surface area contributed by atoms with Gasteiger partial charge in [0, 0.05) is 11.4 Å². The van der Waals surface area contributed by atoms with E-state index in [0.717, 1.165) is 16.0 Å². The highest BCUT2D eigenvalue weighted by molar-refractivity contribution is 7.91. The Hall–Kier alpha value is -1.17.